The van der Waals surface area contributed by atoms with E-state index in [0.29, 0.717) is 12.5 Å². The maximum Gasteiger partial charge on any atom is 0.0656 e. The number of nitrogens with two attached hydrogens (primary N) is 1. The van der Waals surface area contributed by atoms with Crippen molar-refractivity contribution in [2.45, 2.75) is 32.8 Å². The standard InChI is InChI=1S/C12H21NOS/c1-8(2)9(3)12(14)10(7-13)11-5-4-6-15-11/h4-6,8-10,12,14H,7,13H2,1-3H3. The van der Waals surface area contributed by atoms with Gasteiger partial charge in [0.15, 0.2) is 0 Å². The minimum absolute atomic E-state index is 0.0856. The average Bonchev–Trinajstić information content (AvgIpc) is 2.70. The number of thiophene rings is 1. The van der Waals surface area contributed by atoms with Crippen LogP contribution in [0.25, 0.3) is 0 Å². The van der Waals surface area contributed by atoms with Gasteiger partial charge in [-0.1, -0.05) is 26.8 Å². The lowest BCUT2D eigenvalue weighted by molar-refractivity contribution is 0.0694. The van der Waals surface area contributed by atoms with E-state index in [9.17, 15) is 5.11 Å². The molecule has 0 aliphatic heterocycles. The fourth-order valence-corrected chi connectivity index (χ4v) is 2.57. The first kappa shape index (κ1) is 12.7. The van der Waals surface area contributed by atoms with E-state index in [4.69, 9.17) is 5.73 Å². The fraction of sp³-hybridized carbons (Fsp3) is 0.667. The molecule has 0 amide bonds. The summed E-state index contributed by atoms with van der Waals surface area (Å²) in [5, 5.41) is 12.3. The third-order valence-electron chi connectivity index (χ3n) is 3.17. The summed E-state index contributed by atoms with van der Waals surface area (Å²) in [7, 11) is 0. The van der Waals surface area contributed by atoms with Crippen LogP contribution in [0.3, 0.4) is 0 Å². The van der Waals surface area contributed by atoms with Gasteiger partial charge in [-0.25, -0.2) is 0 Å². The first-order valence-electron chi connectivity index (χ1n) is 5.49. The predicted molar refractivity (Wildman–Crippen MR) is 66.1 cm³/mol. The maximum absolute atomic E-state index is 10.2. The van der Waals surface area contributed by atoms with Gasteiger partial charge in [-0.05, 0) is 23.3 Å². The molecule has 3 atom stereocenters. The van der Waals surface area contributed by atoms with Gasteiger partial charge in [0.1, 0.15) is 0 Å². The molecule has 3 unspecified atom stereocenters. The second-order valence-electron chi connectivity index (χ2n) is 4.45. The predicted octanol–water partition coefficient (Wildman–Crippen LogP) is 2.44. The lowest BCUT2D eigenvalue weighted by atomic mass is 9.84. The molecule has 0 spiro atoms. The van der Waals surface area contributed by atoms with E-state index in [1.54, 1.807) is 11.3 Å². The lowest BCUT2D eigenvalue weighted by Gasteiger charge is -2.28. The Hall–Kier alpha value is -0.380. The van der Waals surface area contributed by atoms with Gasteiger partial charge >= 0.3 is 0 Å². The van der Waals surface area contributed by atoms with Gasteiger partial charge in [-0.3, -0.25) is 0 Å². The first-order chi connectivity index (χ1) is 7.07. The Labute approximate surface area is 96.1 Å². The van der Waals surface area contributed by atoms with Crippen molar-refractivity contribution in [1.29, 1.82) is 0 Å². The van der Waals surface area contributed by atoms with Crippen LogP contribution in [-0.4, -0.2) is 17.8 Å². The molecule has 3 N–H and O–H groups in total. The highest BCUT2D eigenvalue weighted by molar-refractivity contribution is 7.10. The van der Waals surface area contributed by atoms with E-state index in [2.05, 4.69) is 26.8 Å². The van der Waals surface area contributed by atoms with Crippen LogP contribution in [0.15, 0.2) is 17.5 Å². The Balaban J connectivity index is 2.75. The summed E-state index contributed by atoms with van der Waals surface area (Å²) in [5.74, 6) is 0.845. The van der Waals surface area contributed by atoms with Gasteiger partial charge < -0.3 is 10.8 Å². The molecule has 0 aliphatic carbocycles. The molecule has 86 valence electrons. The Morgan fingerprint density at radius 2 is 2.07 bits per heavy atom. The highest BCUT2D eigenvalue weighted by atomic mass is 32.1. The zero-order chi connectivity index (χ0) is 11.4. The van der Waals surface area contributed by atoms with Crippen LogP contribution in [0, 0.1) is 11.8 Å². The van der Waals surface area contributed by atoms with E-state index in [0.717, 1.165) is 0 Å². The molecule has 0 saturated carbocycles. The second-order valence-corrected chi connectivity index (χ2v) is 5.43. The Kier molecular flexibility index (Phi) is 4.77. The lowest BCUT2D eigenvalue weighted by Crippen LogP contribution is -2.33. The number of rotatable bonds is 5. The van der Waals surface area contributed by atoms with Crippen LogP contribution in [0.1, 0.15) is 31.6 Å². The Morgan fingerprint density at radius 1 is 1.40 bits per heavy atom. The molecule has 0 aliphatic rings. The first-order valence-corrected chi connectivity index (χ1v) is 6.37. The van der Waals surface area contributed by atoms with Crippen molar-refractivity contribution in [3.63, 3.8) is 0 Å². The summed E-state index contributed by atoms with van der Waals surface area (Å²) in [4.78, 5) is 1.19. The molecule has 0 fully saturated rings. The Morgan fingerprint density at radius 3 is 2.47 bits per heavy atom. The summed E-state index contributed by atoms with van der Waals surface area (Å²) >= 11 is 1.67. The number of aliphatic hydroxyl groups is 1. The SMILES string of the molecule is CC(C)C(C)C(O)C(CN)c1cccs1. The number of hydrogen-bond donors (Lipinski definition) is 2. The van der Waals surface area contributed by atoms with Gasteiger partial charge in [0, 0.05) is 17.3 Å². The molecule has 0 saturated heterocycles. The number of hydrogen-bond acceptors (Lipinski definition) is 3. The fourth-order valence-electron chi connectivity index (χ4n) is 1.69. The zero-order valence-corrected chi connectivity index (χ0v) is 10.5. The van der Waals surface area contributed by atoms with Gasteiger partial charge in [0.2, 0.25) is 0 Å². The molecular weight excluding hydrogens is 206 g/mol. The third kappa shape index (κ3) is 3.03. The largest absolute Gasteiger partial charge is 0.392 e. The molecule has 1 rings (SSSR count). The van der Waals surface area contributed by atoms with Gasteiger partial charge in [-0.2, -0.15) is 0 Å². The summed E-state index contributed by atoms with van der Waals surface area (Å²) in [6, 6.07) is 4.06. The monoisotopic (exact) mass is 227 g/mol. The maximum atomic E-state index is 10.2. The van der Waals surface area contributed by atoms with Crippen molar-refractivity contribution in [2.75, 3.05) is 6.54 Å². The molecule has 3 heteroatoms. The molecule has 2 nitrogen and oxygen atoms in total. The van der Waals surface area contributed by atoms with Gasteiger partial charge in [0.05, 0.1) is 6.10 Å². The molecule has 1 aromatic heterocycles. The molecular formula is C12H21NOS. The van der Waals surface area contributed by atoms with E-state index in [-0.39, 0.29) is 17.9 Å². The quantitative estimate of drug-likeness (QED) is 0.811. The van der Waals surface area contributed by atoms with Crippen LogP contribution in [0.5, 0.6) is 0 Å². The molecule has 15 heavy (non-hydrogen) atoms. The van der Waals surface area contributed by atoms with Crippen LogP contribution in [-0.2, 0) is 0 Å². The van der Waals surface area contributed by atoms with E-state index < -0.39 is 0 Å². The van der Waals surface area contributed by atoms with Crippen LogP contribution >= 0.6 is 11.3 Å². The summed E-state index contributed by atoms with van der Waals surface area (Å²) in [6.45, 7) is 6.87. The molecule has 1 heterocycles. The van der Waals surface area contributed by atoms with Crippen molar-refractivity contribution < 1.29 is 5.11 Å². The summed E-state index contributed by atoms with van der Waals surface area (Å²) in [6.07, 6.45) is -0.339. The van der Waals surface area contributed by atoms with Crippen molar-refractivity contribution in [3.05, 3.63) is 22.4 Å². The van der Waals surface area contributed by atoms with Crippen LogP contribution in [0.2, 0.25) is 0 Å². The smallest absolute Gasteiger partial charge is 0.0656 e. The second kappa shape index (κ2) is 5.64. The zero-order valence-electron chi connectivity index (χ0n) is 9.68. The molecule has 0 bridgehead atoms. The van der Waals surface area contributed by atoms with Crippen molar-refractivity contribution in [1.82, 2.24) is 0 Å². The minimum Gasteiger partial charge on any atom is -0.392 e. The van der Waals surface area contributed by atoms with Gasteiger partial charge in [0.25, 0.3) is 0 Å². The van der Waals surface area contributed by atoms with Crippen LogP contribution < -0.4 is 5.73 Å². The van der Waals surface area contributed by atoms with E-state index in [1.165, 1.54) is 4.88 Å². The van der Waals surface area contributed by atoms with Crippen molar-refractivity contribution in [3.8, 4) is 0 Å². The van der Waals surface area contributed by atoms with Crippen molar-refractivity contribution >= 4 is 11.3 Å². The Bertz CT molecular complexity index is 271. The minimum atomic E-state index is -0.339. The van der Waals surface area contributed by atoms with E-state index in [1.807, 2.05) is 11.4 Å². The average molecular weight is 227 g/mol. The molecule has 1 aromatic rings. The van der Waals surface area contributed by atoms with Gasteiger partial charge in [-0.15, -0.1) is 11.3 Å². The highest BCUT2D eigenvalue weighted by Gasteiger charge is 2.27. The normalized spacial score (nSPS) is 17.7. The summed E-state index contributed by atoms with van der Waals surface area (Å²) < 4.78 is 0. The third-order valence-corrected chi connectivity index (χ3v) is 4.17. The molecule has 0 radical (unpaired) electrons. The topological polar surface area (TPSA) is 46.2 Å². The van der Waals surface area contributed by atoms with Crippen LogP contribution in [0.4, 0.5) is 0 Å². The number of aliphatic hydroxyl groups excluding tert-OH is 1. The van der Waals surface area contributed by atoms with Crippen molar-refractivity contribution in [2.24, 2.45) is 17.6 Å². The highest BCUT2D eigenvalue weighted by Crippen LogP contribution is 2.29. The van der Waals surface area contributed by atoms with E-state index >= 15 is 0 Å². The molecule has 0 aromatic carbocycles. The summed E-state index contributed by atoms with van der Waals surface area (Å²) in [5.41, 5.74) is 5.75.